The van der Waals surface area contributed by atoms with Gasteiger partial charge in [-0.3, -0.25) is 0 Å². The summed E-state index contributed by atoms with van der Waals surface area (Å²) in [4.78, 5) is 9.94. The SMILES string of the molecule is CC(C)Nc1ccc(CO[C-]=O)cc1CO.[Ta].[Tb].[Y]. The van der Waals surface area contributed by atoms with E-state index in [9.17, 15) is 9.90 Å². The predicted octanol–water partition coefficient (Wildman–Crippen LogP) is 1.58. The molecule has 0 saturated heterocycles. The molecule has 3 radical (unpaired) electrons. The molecule has 0 spiro atoms. The number of hydrogen-bond acceptors (Lipinski definition) is 4. The normalized spacial score (nSPS) is 8.63. The van der Waals surface area contributed by atoms with E-state index < -0.39 is 0 Å². The van der Waals surface area contributed by atoms with Crippen LogP contribution < -0.4 is 5.32 Å². The second-order valence-corrected chi connectivity index (χ2v) is 3.82. The van der Waals surface area contributed by atoms with Gasteiger partial charge in [-0.05, 0) is 31.5 Å². The van der Waals surface area contributed by atoms with Crippen molar-refractivity contribution in [3.05, 3.63) is 29.3 Å². The molecular formula is C12H16NO3TaTbY-. The average Bonchev–Trinajstić information content (AvgIpc) is 2.27. The molecular weight excluding hydrogens is 635 g/mol. The van der Waals surface area contributed by atoms with Crippen LogP contribution in [0.5, 0.6) is 0 Å². The topological polar surface area (TPSA) is 58.6 Å². The summed E-state index contributed by atoms with van der Waals surface area (Å²) in [5.74, 6) is 0. The van der Waals surface area contributed by atoms with Gasteiger partial charge in [-0.25, -0.2) is 0 Å². The van der Waals surface area contributed by atoms with Crippen LogP contribution in [-0.2, 0) is 77.8 Å². The van der Waals surface area contributed by atoms with Gasteiger partial charge in [0.1, 0.15) is 0 Å². The van der Waals surface area contributed by atoms with Gasteiger partial charge in [0.15, 0.2) is 0 Å². The minimum absolute atomic E-state index is 0. The Kier molecular flexibility index (Phi) is 19.5. The third-order valence-corrected chi connectivity index (χ3v) is 2.08. The molecule has 0 bridgehead atoms. The zero-order valence-corrected chi connectivity index (χ0v) is 19.0. The zero-order valence-electron chi connectivity index (χ0n) is 10.8. The number of nitrogens with one attached hydrogen (secondary N) is 1. The maximum absolute atomic E-state index is 9.94. The Hall–Kier alpha value is 1.58. The number of ether oxygens (including phenoxy) is 1. The fraction of sp³-hybridized carbons (Fsp3) is 0.417. The van der Waals surface area contributed by atoms with E-state index in [0.717, 1.165) is 16.8 Å². The average molecular weight is 651 g/mol. The molecule has 7 heteroatoms. The maximum atomic E-state index is 9.94. The van der Waals surface area contributed by atoms with Gasteiger partial charge in [0.25, 0.3) is 0 Å². The quantitative estimate of drug-likeness (QED) is 0.460. The van der Waals surface area contributed by atoms with E-state index >= 15 is 0 Å². The molecule has 1 aromatic carbocycles. The zero-order chi connectivity index (χ0) is 12.0. The summed E-state index contributed by atoms with van der Waals surface area (Å²) in [6.45, 7) is 5.56. The number of carbonyl (C=O) groups excluding carboxylic acids is 1. The predicted molar refractivity (Wildman–Crippen MR) is 61.6 cm³/mol. The summed E-state index contributed by atoms with van der Waals surface area (Å²) in [7, 11) is 0. The maximum Gasteiger partial charge on any atom is 0.0745 e. The van der Waals surface area contributed by atoms with Crippen LogP contribution in [0.15, 0.2) is 18.2 Å². The van der Waals surface area contributed by atoms with Crippen LogP contribution in [-0.4, -0.2) is 17.6 Å². The first kappa shape index (κ1) is 25.5. The second-order valence-electron chi connectivity index (χ2n) is 3.82. The van der Waals surface area contributed by atoms with Crippen molar-refractivity contribution in [1.82, 2.24) is 0 Å². The van der Waals surface area contributed by atoms with Gasteiger partial charge >= 0.3 is 0 Å². The van der Waals surface area contributed by atoms with Crippen LogP contribution in [0.2, 0.25) is 0 Å². The van der Waals surface area contributed by atoms with Crippen molar-refractivity contribution in [2.24, 2.45) is 0 Å². The van der Waals surface area contributed by atoms with Gasteiger partial charge in [0.2, 0.25) is 0 Å². The third-order valence-electron chi connectivity index (χ3n) is 2.08. The molecule has 0 aromatic heterocycles. The standard InChI is InChI=1S/C12H16NO3.Ta.Tb.Y/c1-9(2)13-12-4-3-10(7-16-8-15)5-11(12)6-14;;;/h3-5,9,13-14H,6-7H2,1-2H3;;;/q-1;;;. The van der Waals surface area contributed by atoms with Crippen LogP contribution in [0.25, 0.3) is 0 Å². The first-order valence-corrected chi connectivity index (χ1v) is 5.15. The molecule has 4 nitrogen and oxygen atoms in total. The number of anilines is 1. The first-order chi connectivity index (χ1) is 7.67. The summed E-state index contributed by atoms with van der Waals surface area (Å²) < 4.78 is 4.53. The Labute approximate surface area is 185 Å². The van der Waals surface area contributed by atoms with Crippen LogP contribution in [0.1, 0.15) is 25.0 Å². The minimum Gasteiger partial charge on any atom is -0.650 e. The number of hydrogen-bond donors (Lipinski definition) is 2. The number of aliphatic hydroxyl groups is 1. The van der Waals surface area contributed by atoms with Crippen molar-refractivity contribution in [2.75, 3.05) is 5.32 Å². The Morgan fingerprint density at radius 3 is 2.53 bits per heavy atom. The van der Waals surface area contributed by atoms with Gasteiger partial charge in [-0.2, -0.15) is 0 Å². The Balaban J connectivity index is -0.000000853. The molecule has 0 fully saturated rings. The Morgan fingerprint density at radius 2 is 2.05 bits per heavy atom. The summed E-state index contributed by atoms with van der Waals surface area (Å²) in [5.41, 5.74) is 2.53. The molecule has 0 aliphatic rings. The second kappa shape index (κ2) is 14.5. The largest absolute Gasteiger partial charge is 0.650 e. The molecule has 0 saturated carbocycles. The fourth-order valence-corrected chi connectivity index (χ4v) is 1.43. The van der Waals surface area contributed by atoms with Crippen molar-refractivity contribution in [2.45, 2.75) is 33.1 Å². The number of benzene rings is 1. The molecule has 0 unspecified atom stereocenters. The van der Waals surface area contributed by atoms with E-state index in [0.29, 0.717) is 6.04 Å². The third kappa shape index (κ3) is 10.0. The molecule has 0 aliphatic heterocycles. The molecule has 0 aliphatic carbocycles. The summed E-state index contributed by atoms with van der Waals surface area (Å²) in [6.07, 6.45) is 0. The van der Waals surface area contributed by atoms with E-state index in [1.807, 2.05) is 32.0 Å². The fourth-order valence-electron chi connectivity index (χ4n) is 1.43. The van der Waals surface area contributed by atoms with Crippen LogP contribution in [0.3, 0.4) is 0 Å². The Morgan fingerprint density at radius 1 is 1.42 bits per heavy atom. The molecule has 0 heterocycles. The van der Waals surface area contributed by atoms with E-state index in [1.54, 1.807) is 0 Å². The van der Waals surface area contributed by atoms with Crippen LogP contribution >= 0.6 is 0 Å². The van der Waals surface area contributed by atoms with Crippen LogP contribution in [0.4, 0.5) is 5.69 Å². The molecule has 19 heavy (non-hydrogen) atoms. The smallest absolute Gasteiger partial charge is 0.0745 e. The van der Waals surface area contributed by atoms with Crippen molar-refractivity contribution >= 4 is 12.2 Å². The first-order valence-electron chi connectivity index (χ1n) is 5.15. The molecule has 1 aromatic rings. The van der Waals surface area contributed by atoms with Gasteiger partial charge in [-0.1, -0.05) is 12.5 Å². The van der Waals surface area contributed by atoms with Gasteiger partial charge in [0, 0.05) is 111 Å². The van der Waals surface area contributed by atoms with Gasteiger partial charge in [-0.15, -0.1) is 0 Å². The molecule has 1 rings (SSSR count). The van der Waals surface area contributed by atoms with Gasteiger partial charge < -0.3 is 20.0 Å². The van der Waals surface area contributed by atoms with E-state index in [1.165, 1.54) is 6.47 Å². The summed E-state index contributed by atoms with van der Waals surface area (Å²) >= 11 is 0. The van der Waals surface area contributed by atoms with E-state index in [4.69, 9.17) is 0 Å². The van der Waals surface area contributed by atoms with Crippen molar-refractivity contribution in [3.63, 3.8) is 0 Å². The summed E-state index contributed by atoms with van der Waals surface area (Å²) in [5, 5.41) is 12.5. The monoisotopic (exact) mass is 651 g/mol. The number of rotatable bonds is 6. The van der Waals surface area contributed by atoms with Crippen molar-refractivity contribution in [3.8, 4) is 0 Å². The molecule has 2 N–H and O–H groups in total. The summed E-state index contributed by atoms with van der Waals surface area (Å²) in [6, 6.07) is 5.83. The van der Waals surface area contributed by atoms with E-state index in [-0.39, 0.29) is 107 Å². The minimum atomic E-state index is -0.0479. The van der Waals surface area contributed by atoms with Crippen molar-refractivity contribution in [1.29, 1.82) is 0 Å². The van der Waals surface area contributed by atoms with E-state index in [2.05, 4.69) is 10.1 Å². The Bertz CT molecular complexity index is 367. The molecule has 105 valence electrons. The van der Waals surface area contributed by atoms with Crippen molar-refractivity contribution < 1.29 is 108 Å². The van der Waals surface area contributed by atoms with Crippen LogP contribution in [0, 0.1) is 38.6 Å². The molecule has 0 atom stereocenters. The van der Waals surface area contributed by atoms with Gasteiger partial charge in [0.05, 0.1) is 13.2 Å². The molecule has 0 amide bonds. The number of aliphatic hydroxyl groups excluding tert-OH is 1.